The van der Waals surface area contributed by atoms with Crippen molar-refractivity contribution in [2.75, 3.05) is 19.7 Å². The maximum atomic E-state index is 12.3. The molecule has 0 radical (unpaired) electrons. The molecular formula is C22H26N2O3. The molecule has 2 aromatic carbocycles. The summed E-state index contributed by atoms with van der Waals surface area (Å²) in [5, 5.41) is 3.09. The molecule has 0 atom stereocenters. The van der Waals surface area contributed by atoms with E-state index in [2.05, 4.69) is 5.32 Å². The van der Waals surface area contributed by atoms with Gasteiger partial charge in [-0.05, 0) is 30.5 Å². The van der Waals surface area contributed by atoms with Gasteiger partial charge in [0.25, 0.3) is 0 Å². The number of carbonyl (C=O) groups is 2. The topological polar surface area (TPSA) is 58.6 Å². The lowest BCUT2D eigenvalue weighted by Gasteiger charge is -2.32. The third-order valence-corrected chi connectivity index (χ3v) is 4.75. The molecule has 1 aliphatic heterocycles. The van der Waals surface area contributed by atoms with Crippen molar-refractivity contribution < 1.29 is 14.3 Å². The fraction of sp³-hybridized carbons (Fsp3) is 0.364. The summed E-state index contributed by atoms with van der Waals surface area (Å²) < 4.78 is 5.59. The highest BCUT2D eigenvalue weighted by Crippen LogP contribution is 2.13. The third-order valence-electron chi connectivity index (χ3n) is 4.75. The number of ether oxygens (including phenoxy) is 1. The lowest BCUT2D eigenvalue weighted by Crippen LogP contribution is -2.47. The normalized spacial score (nSPS) is 14.6. The number of likely N-dealkylation sites (tertiary alicyclic amines) is 1. The van der Waals surface area contributed by atoms with Gasteiger partial charge in [-0.2, -0.15) is 0 Å². The third kappa shape index (κ3) is 6.13. The first kappa shape index (κ1) is 19.0. The van der Waals surface area contributed by atoms with E-state index >= 15 is 0 Å². The Morgan fingerprint density at radius 3 is 2.26 bits per heavy atom. The highest BCUT2D eigenvalue weighted by Gasteiger charge is 2.23. The van der Waals surface area contributed by atoms with Crippen LogP contribution in [0.15, 0.2) is 60.7 Å². The summed E-state index contributed by atoms with van der Waals surface area (Å²) >= 11 is 0. The number of hydrogen-bond acceptors (Lipinski definition) is 3. The van der Waals surface area contributed by atoms with Gasteiger partial charge in [0.1, 0.15) is 5.75 Å². The van der Waals surface area contributed by atoms with Crippen molar-refractivity contribution in [3.63, 3.8) is 0 Å². The highest BCUT2D eigenvalue weighted by molar-refractivity contribution is 5.79. The lowest BCUT2D eigenvalue weighted by molar-refractivity contribution is -0.132. The van der Waals surface area contributed by atoms with Crippen LogP contribution in [0, 0.1) is 0 Å². The van der Waals surface area contributed by atoms with Crippen molar-refractivity contribution in [3.8, 4) is 5.75 Å². The summed E-state index contributed by atoms with van der Waals surface area (Å²) in [5.41, 5.74) is 1.01. The Bertz CT molecular complexity index is 726. The summed E-state index contributed by atoms with van der Waals surface area (Å²) in [6.45, 7) is 1.75. The molecule has 0 aliphatic carbocycles. The molecule has 142 valence electrons. The standard InChI is InChI=1S/C22H26N2O3/c25-21(17-18-7-3-1-4-8-18)23-19-11-14-24(15-12-19)22(26)13-16-27-20-9-5-2-6-10-20/h1-10,19H,11-17H2,(H,23,25). The minimum absolute atomic E-state index is 0.0437. The molecule has 0 aromatic heterocycles. The van der Waals surface area contributed by atoms with E-state index in [4.69, 9.17) is 4.74 Å². The van der Waals surface area contributed by atoms with E-state index in [0.29, 0.717) is 32.5 Å². The minimum Gasteiger partial charge on any atom is -0.493 e. The lowest BCUT2D eigenvalue weighted by atomic mass is 10.0. The Hall–Kier alpha value is -2.82. The van der Waals surface area contributed by atoms with Crippen molar-refractivity contribution >= 4 is 11.8 Å². The fourth-order valence-electron chi connectivity index (χ4n) is 3.26. The molecule has 1 aliphatic rings. The molecule has 1 saturated heterocycles. The second kappa shape index (κ2) is 9.76. The fourth-order valence-corrected chi connectivity index (χ4v) is 3.26. The van der Waals surface area contributed by atoms with Crippen LogP contribution >= 0.6 is 0 Å². The first-order valence-electron chi connectivity index (χ1n) is 9.49. The van der Waals surface area contributed by atoms with Crippen molar-refractivity contribution in [1.29, 1.82) is 0 Å². The maximum absolute atomic E-state index is 12.3. The number of rotatable bonds is 7. The Morgan fingerprint density at radius 2 is 1.59 bits per heavy atom. The van der Waals surface area contributed by atoms with E-state index < -0.39 is 0 Å². The summed E-state index contributed by atoms with van der Waals surface area (Å²) in [4.78, 5) is 26.4. The van der Waals surface area contributed by atoms with E-state index in [-0.39, 0.29) is 17.9 Å². The molecule has 0 spiro atoms. The molecule has 0 unspecified atom stereocenters. The molecule has 2 aromatic rings. The molecular weight excluding hydrogens is 340 g/mol. The van der Waals surface area contributed by atoms with Crippen molar-refractivity contribution in [2.24, 2.45) is 0 Å². The molecule has 5 nitrogen and oxygen atoms in total. The molecule has 0 saturated carbocycles. The van der Waals surface area contributed by atoms with Crippen LogP contribution in [0.4, 0.5) is 0 Å². The Kier molecular flexibility index (Phi) is 6.85. The van der Waals surface area contributed by atoms with E-state index in [9.17, 15) is 9.59 Å². The number of amides is 2. The summed E-state index contributed by atoms with van der Waals surface area (Å²) in [6, 6.07) is 19.4. The number of nitrogens with zero attached hydrogens (tertiary/aromatic N) is 1. The zero-order valence-electron chi connectivity index (χ0n) is 15.5. The van der Waals surface area contributed by atoms with Gasteiger partial charge in [0.05, 0.1) is 19.4 Å². The Labute approximate surface area is 160 Å². The van der Waals surface area contributed by atoms with Gasteiger partial charge in [0.2, 0.25) is 11.8 Å². The van der Waals surface area contributed by atoms with E-state index in [1.54, 1.807) is 0 Å². The van der Waals surface area contributed by atoms with Gasteiger partial charge in [-0.25, -0.2) is 0 Å². The van der Waals surface area contributed by atoms with Gasteiger partial charge in [0.15, 0.2) is 0 Å². The first-order chi connectivity index (χ1) is 13.2. The number of carbonyl (C=O) groups excluding carboxylic acids is 2. The predicted molar refractivity (Wildman–Crippen MR) is 104 cm³/mol. The first-order valence-corrected chi connectivity index (χ1v) is 9.49. The SMILES string of the molecule is O=C(Cc1ccccc1)NC1CCN(C(=O)CCOc2ccccc2)CC1. The van der Waals surface area contributed by atoms with Gasteiger partial charge in [-0.15, -0.1) is 0 Å². The quantitative estimate of drug-likeness (QED) is 0.820. The van der Waals surface area contributed by atoms with E-state index in [0.717, 1.165) is 24.2 Å². The number of para-hydroxylation sites is 1. The van der Waals surface area contributed by atoms with Crippen LogP contribution in [0.3, 0.4) is 0 Å². The van der Waals surface area contributed by atoms with E-state index in [1.165, 1.54) is 0 Å². The molecule has 27 heavy (non-hydrogen) atoms. The van der Waals surface area contributed by atoms with Crippen LogP contribution in [-0.4, -0.2) is 42.5 Å². The maximum Gasteiger partial charge on any atom is 0.225 e. The van der Waals surface area contributed by atoms with Crippen LogP contribution in [0.5, 0.6) is 5.75 Å². The van der Waals surface area contributed by atoms with E-state index in [1.807, 2.05) is 65.6 Å². The number of nitrogens with one attached hydrogen (secondary N) is 1. The Balaban J connectivity index is 1.34. The zero-order valence-corrected chi connectivity index (χ0v) is 15.5. The molecule has 1 heterocycles. The van der Waals surface area contributed by atoms with Crippen LogP contribution in [0.1, 0.15) is 24.8 Å². The largest absolute Gasteiger partial charge is 0.493 e. The highest BCUT2D eigenvalue weighted by atomic mass is 16.5. The van der Waals surface area contributed by atoms with Crippen LogP contribution in [-0.2, 0) is 16.0 Å². The van der Waals surface area contributed by atoms with Crippen molar-refractivity contribution in [2.45, 2.75) is 31.7 Å². The van der Waals surface area contributed by atoms with Crippen LogP contribution in [0.2, 0.25) is 0 Å². The Morgan fingerprint density at radius 1 is 0.963 bits per heavy atom. The van der Waals surface area contributed by atoms with Crippen LogP contribution in [0.25, 0.3) is 0 Å². The summed E-state index contributed by atoms with van der Waals surface area (Å²) in [7, 11) is 0. The monoisotopic (exact) mass is 366 g/mol. The second-order valence-corrected chi connectivity index (χ2v) is 6.80. The average molecular weight is 366 g/mol. The summed E-state index contributed by atoms with van der Waals surface area (Å²) in [5.74, 6) is 0.937. The number of piperidine rings is 1. The average Bonchev–Trinajstić information content (AvgIpc) is 2.70. The van der Waals surface area contributed by atoms with Crippen molar-refractivity contribution in [3.05, 3.63) is 66.2 Å². The second-order valence-electron chi connectivity index (χ2n) is 6.80. The number of benzene rings is 2. The minimum atomic E-state index is 0.0437. The molecule has 5 heteroatoms. The summed E-state index contributed by atoms with van der Waals surface area (Å²) in [6.07, 6.45) is 2.37. The van der Waals surface area contributed by atoms with Gasteiger partial charge in [-0.1, -0.05) is 48.5 Å². The van der Waals surface area contributed by atoms with Gasteiger partial charge in [0, 0.05) is 19.1 Å². The molecule has 1 fully saturated rings. The number of hydrogen-bond donors (Lipinski definition) is 1. The molecule has 1 N–H and O–H groups in total. The van der Waals surface area contributed by atoms with Crippen LogP contribution < -0.4 is 10.1 Å². The molecule has 0 bridgehead atoms. The predicted octanol–water partition coefficient (Wildman–Crippen LogP) is 2.81. The molecule has 2 amide bonds. The molecule has 3 rings (SSSR count). The van der Waals surface area contributed by atoms with Crippen molar-refractivity contribution in [1.82, 2.24) is 10.2 Å². The van der Waals surface area contributed by atoms with Gasteiger partial charge in [-0.3, -0.25) is 9.59 Å². The van der Waals surface area contributed by atoms with Gasteiger partial charge >= 0.3 is 0 Å². The van der Waals surface area contributed by atoms with Gasteiger partial charge < -0.3 is 15.0 Å². The zero-order chi connectivity index (χ0) is 18.9. The smallest absolute Gasteiger partial charge is 0.225 e.